The van der Waals surface area contributed by atoms with E-state index in [1.165, 1.54) is 17.2 Å². The van der Waals surface area contributed by atoms with Gasteiger partial charge < -0.3 is 5.11 Å². The van der Waals surface area contributed by atoms with Crippen LogP contribution < -0.4 is 0 Å². The standard InChI is InChI=1S/C16H15NO2/c1-11-8-12(2)10-13(9-11)15-5-3-4-14(17-15)6-7-16(18)19/h3-10H,1-2H3,(H,18,19). The zero-order valence-corrected chi connectivity index (χ0v) is 10.9. The molecule has 0 atom stereocenters. The Labute approximate surface area is 112 Å². The molecule has 19 heavy (non-hydrogen) atoms. The van der Waals surface area contributed by atoms with Gasteiger partial charge in [-0.1, -0.05) is 23.3 Å². The van der Waals surface area contributed by atoms with E-state index in [2.05, 4.69) is 23.2 Å². The summed E-state index contributed by atoms with van der Waals surface area (Å²) in [6.07, 6.45) is 2.59. The third kappa shape index (κ3) is 3.52. The van der Waals surface area contributed by atoms with Crippen LogP contribution >= 0.6 is 0 Å². The van der Waals surface area contributed by atoms with Crippen LogP contribution in [0.4, 0.5) is 0 Å². The van der Waals surface area contributed by atoms with Crippen LogP contribution in [0.1, 0.15) is 16.8 Å². The fourth-order valence-corrected chi connectivity index (χ4v) is 1.98. The highest BCUT2D eigenvalue weighted by Crippen LogP contribution is 2.20. The van der Waals surface area contributed by atoms with Gasteiger partial charge in [0.1, 0.15) is 0 Å². The molecule has 0 aliphatic rings. The normalized spacial score (nSPS) is 10.8. The maximum atomic E-state index is 10.5. The van der Waals surface area contributed by atoms with Gasteiger partial charge in [-0.25, -0.2) is 9.78 Å². The Morgan fingerprint density at radius 1 is 1.16 bits per heavy atom. The molecule has 0 bridgehead atoms. The smallest absolute Gasteiger partial charge is 0.328 e. The van der Waals surface area contributed by atoms with E-state index < -0.39 is 5.97 Å². The number of carboxylic acids is 1. The zero-order chi connectivity index (χ0) is 13.8. The van der Waals surface area contributed by atoms with Gasteiger partial charge in [-0.05, 0) is 44.2 Å². The van der Waals surface area contributed by atoms with Crippen LogP contribution in [-0.4, -0.2) is 16.1 Å². The fraction of sp³-hybridized carbons (Fsp3) is 0.125. The van der Waals surface area contributed by atoms with Gasteiger partial charge in [-0.2, -0.15) is 0 Å². The molecule has 1 aromatic carbocycles. The summed E-state index contributed by atoms with van der Waals surface area (Å²) in [7, 11) is 0. The van der Waals surface area contributed by atoms with Crippen molar-refractivity contribution >= 4 is 12.0 Å². The first-order chi connectivity index (χ1) is 9.04. The number of nitrogens with zero attached hydrogens (tertiary/aromatic N) is 1. The van der Waals surface area contributed by atoms with Gasteiger partial charge >= 0.3 is 5.97 Å². The van der Waals surface area contributed by atoms with Crippen LogP contribution in [-0.2, 0) is 4.79 Å². The molecule has 0 radical (unpaired) electrons. The Kier molecular flexibility index (Phi) is 3.76. The lowest BCUT2D eigenvalue weighted by molar-refractivity contribution is -0.131. The van der Waals surface area contributed by atoms with Crippen molar-refractivity contribution in [3.8, 4) is 11.3 Å². The van der Waals surface area contributed by atoms with E-state index in [4.69, 9.17) is 5.11 Å². The SMILES string of the molecule is Cc1cc(C)cc(-c2cccc(C=CC(=O)O)n2)c1. The molecule has 1 heterocycles. The first kappa shape index (κ1) is 13.0. The molecule has 2 rings (SSSR count). The molecule has 1 aromatic heterocycles. The predicted molar refractivity (Wildman–Crippen MR) is 75.8 cm³/mol. The van der Waals surface area contributed by atoms with Crippen LogP contribution in [0.25, 0.3) is 17.3 Å². The molecule has 0 saturated carbocycles. The number of aromatic nitrogens is 1. The topological polar surface area (TPSA) is 50.2 Å². The van der Waals surface area contributed by atoms with E-state index in [-0.39, 0.29) is 0 Å². The van der Waals surface area contributed by atoms with Crippen molar-refractivity contribution in [1.82, 2.24) is 4.98 Å². The summed E-state index contributed by atoms with van der Waals surface area (Å²) in [6.45, 7) is 4.09. The Morgan fingerprint density at radius 2 is 1.84 bits per heavy atom. The minimum atomic E-state index is -0.974. The fourth-order valence-electron chi connectivity index (χ4n) is 1.98. The zero-order valence-electron chi connectivity index (χ0n) is 10.9. The largest absolute Gasteiger partial charge is 0.478 e. The lowest BCUT2D eigenvalue weighted by Gasteiger charge is -2.05. The molecule has 1 N–H and O–H groups in total. The minimum Gasteiger partial charge on any atom is -0.478 e. The molecule has 0 amide bonds. The van der Waals surface area contributed by atoms with E-state index in [0.717, 1.165) is 17.3 Å². The quantitative estimate of drug-likeness (QED) is 0.852. The summed E-state index contributed by atoms with van der Waals surface area (Å²) in [5.74, 6) is -0.974. The molecule has 0 aliphatic carbocycles. The third-order valence-electron chi connectivity index (χ3n) is 2.68. The lowest BCUT2D eigenvalue weighted by atomic mass is 10.0. The second-order valence-electron chi connectivity index (χ2n) is 4.50. The van der Waals surface area contributed by atoms with Crippen LogP contribution in [0.15, 0.2) is 42.5 Å². The first-order valence-electron chi connectivity index (χ1n) is 6.01. The number of hydrogen-bond donors (Lipinski definition) is 1. The Hall–Kier alpha value is -2.42. The predicted octanol–water partition coefficient (Wildman–Crippen LogP) is 3.46. The summed E-state index contributed by atoms with van der Waals surface area (Å²) in [4.78, 5) is 14.9. The highest BCUT2D eigenvalue weighted by Gasteiger charge is 2.02. The second-order valence-corrected chi connectivity index (χ2v) is 4.50. The molecule has 3 heteroatoms. The summed E-state index contributed by atoms with van der Waals surface area (Å²) in [6, 6.07) is 11.8. The monoisotopic (exact) mass is 253 g/mol. The van der Waals surface area contributed by atoms with Crippen LogP contribution in [0, 0.1) is 13.8 Å². The lowest BCUT2D eigenvalue weighted by Crippen LogP contribution is -1.90. The Balaban J connectivity index is 2.40. The van der Waals surface area contributed by atoms with Gasteiger partial charge in [0.25, 0.3) is 0 Å². The molecule has 2 aromatic rings. The summed E-state index contributed by atoms with van der Waals surface area (Å²) in [5, 5.41) is 8.62. The van der Waals surface area contributed by atoms with Crippen molar-refractivity contribution in [1.29, 1.82) is 0 Å². The average molecular weight is 253 g/mol. The third-order valence-corrected chi connectivity index (χ3v) is 2.68. The van der Waals surface area contributed by atoms with E-state index in [1.54, 1.807) is 6.07 Å². The average Bonchev–Trinajstić information content (AvgIpc) is 2.35. The highest BCUT2D eigenvalue weighted by molar-refractivity contribution is 5.85. The molecule has 96 valence electrons. The number of pyridine rings is 1. The van der Waals surface area contributed by atoms with Gasteiger partial charge in [0.2, 0.25) is 0 Å². The van der Waals surface area contributed by atoms with E-state index in [9.17, 15) is 4.79 Å². The Bertz CT molecular complexity index is 625. The van der Waals surface area contributed by atoms with E-state index in [0.29, 0.717) is 5.69 Å². The Morgan fingerprint density at radius 3 is 2.47 bits per heavy atom. The van der Waals surface area contributed by atoms with Gasteiger partial charge in [0.15, 0.2) is 0 Å². The number of aryl methyl sites for hydroxylation is 2. The number of aliphatic carboxylic acids is 1. The van der Waals surface area contributed by atoms with Crippen LogP contribution in [0.3, 0.4) is 0 Å². The van der Waals surface area contributed by atoms with Gasteiger partial charge in [-0.15, -0.1) is 0 Å². The van der Waals surface area contributed by atoms with Crippen molar-refractivity contribution < 1.29 is 9.90 Å². The maximum Gasteiger partial charge on any atom is 0.328 e. The molecule has 0 aliphatic heterocycles. The highest BCUT2D eigenvalue weighted by atomic mass is 16.4. The molecular weight excluding hydrogens is 238 g/mol. The van der Waals surface area contributed by atoms with Crippen molar-refractivity contribution in [2.45, 2.75) is 13.8 Å². The van der Waals surface area contributed by atoms with Crippen molar-refractivity contribution in [3.63, 3.8) is 0 Å². The number of carboxylic acid groups (broad SMARTS) is 1. The molecular formula is C16H15NO2. The van der Waals surface area contributed by atoms with Crippen molar-refractivity contribution in [2.24, 2.45) is 0 Å². The van der Waals surface area contributed by atoms with Gasteiger partial charge in [-0.3, -0.25) is 0 Å². The van der Waals surface area contributed by atoms with Crippen LogP contribution in [0.5, 0.6) is 0 Å². The van der Waals surface area contributed by atoms with Crippen LogP contribution in [0.2, 0.25) is 0 Å². The first-order valence-corrected chi connectivity index (χ1v) is 6.01. The number of hydrogen-bond acceptors (Lipinski definition) is 2. The van der Waals surface area contributed by atoms with Gasteiger partial charge in [0.05, 0.1) is 11.4 Å². The van der Waals surface area contributed by atoms with Crippen molar-refractivity contribution in [2.75, 3.05) is 0 Å². The van der Waals surface area contributed by atoms with E-state index >= 15 is 0 Å². The molecule has 0 fully saturated rings. The summed E-state index contributed by atoms with van der Waals surface area (Å²) in [5.41, 5.74) is 4.90. The minimum absolute atomic E-state index is 0.638. The summed E-state index contributed by atoms with van der Waals surface area (Å²) >= 11 is 0. The molecule has 3 nitrogen and oxygen atoms in total. The number of benzene rings is 1. The summed E-state index contributed by atoms with van der Waals surface area (Å²) < 4.78 is 0. The van der Waals surface area contributed by atoms with E-state index in [1.807, 2.05) is 26.0 Å². The second kappa shape index (κ2) is 5.48. The van der Waals surface area contributed by atoms with Gasteiger partial charge in [0, 0.05) is 11.6 Å². The van der Waals surface area contributed by atoms with Crippen molar-refractivity contribution in [3.05, 3.63) is 59.3 Å². The number of rotatable bonds is 3. The maximum absolute atomic E-state index is 10.5. The number of carbonyl (C=O) groups is 1. The molecule has 0 saturated heterocycles. The molecule has 0 unspecified atom stereocenters. The molecule has 0 spiro atoms.